The molecule has 0 heterocycles. The van der Waals surface area contributed by atoms with Gasteiger partial charge in [0.1, 0.15) is 0 Å². The lowest BCUT2D eigenvalue weighted by atomic mass is 9.78. The van der Waals surface area contributed by atoms with Gasteiger partial charge in [0.15, 0.2) is 0 Å². The fourth-order valence-electron chi connectivity index (χ4n) is 2.54. The summed E-state index contributed by atoms with van der Waals surface area (Å²) >= 11 is 0. The molecule has 0 fully saturated rings. The van der Waals surface area contributed by atoms with Gasteiger partial charge in [-0.25, -0.2) is 4.79 Å². The van der Waals surface area contributed by atoms with Crippen molar-refractivity contribution < 1.29 is 14.7 Å². The average molecular weight is 285 g/mol. The highest BCUT2D eigenvalue weighted by molar-refractivity contribution is 6.00. The number of carbonyl (C=O) groups is 2. The van der Waals surface area contributed by atoms with Gasteiger partial charge in [0.25, 0.3) is 0 Å². The van der Waals surface area contributed by atoms with Crippen LogP contribution in [0, 0.1) is 5.41 Å². The zero-order valence-electron chi connectivity index (χ0n) is 12.2. The van der Waals surface area contributed by atoms with E-state index in [1.165, 1.54) is 0 Å². The van der Waals surface area contributed by atoms with E-state index in [9.17, 15) is 9.59 Å². The molecule has 21 heavy (non-hydrogen) atoms. The van der Waals surface area contributed by atoms with Crippen LogP contribution in [0.1, 0.15) is 20.3 Å². The van der Waals surface area contributed by atoms with Gasteiger partial charge in [-0.05, 0) is 32.4 Å². The number of hydrogen-bond acceptors (Lipinski definition) is 2. The highest BCUT2D eigenvalue weighted by Crippen LogP contribution is 2.34. The highest BCUT2D eigenvalue weighted by Gasteiger charge is 2.37. The molecule has 1 amide bonds. The number of hydrogen-bond donors (Lipinski definition) is 1. The first-order chi connectivity index (χ1) is 9.98. The molecule has 1 aromatic carbocycles. The molecular formula is C17H19NO3. The first kappa shape index (κ1) is 15.0. The number of carboxylic acids is 1. The highest BCUT2D eigenvalue weighted by atomic mass is 16.4. The predicted molar refractivity (Wildman–Crippen MR) is 82.1 cm³/mol. The van der Waals surface area contributed by atoms with Gasteiger partial charge in [-0.2, -0.15) is 0 Å². The third-order valence-electron chi connectivity index (χ3n) is 3.71. The van der Waals surface area contributed by atoms with Gasteiger partial charge in [-0.1, -0.05) is 36.4 Å². The minimum atomic E-state index is -0.971. The molecule has 4 nitrogen and oxygen atoms in total. The molecule has 1 aromatic rings. The molecule has 110 valence electrons. The SMILES string of the molecule is CCN(C(=O)C1(C)C=CC=C(C(=O)O)C1)c1ccccc1. The van der Waals surface area contributed by atoms with E-state index in [0.29, 0.717) is 6.54 Å². The van der Waals surface area contributed by atoms with Gasteiger partial charge in [0.2, 0.25) is 5.91 Å². The van der Waals surface area contributed by atoms with Gasteiger partial charge in [-0.3, -0.25) is 4.79 Å². The minimum absolute atomic E-state index is 0.0840. The molecule has 1 unspecified atom stereocenters. The van der Waals surface area contributed by atoms with Crippen LogP contribution in [0.15, 0.2) is 54.1 Å². The molecule has 0 aliphatic heterocycles. The summed E-state index contributed by atoms with van der Waals surface area (Å²) < 4.78 is 0. The molecular weight excluding hydrogens is 266 g/mol. The van der Waals surface area contributed by atoms with Crippen LogP contribution in [0.2, 0.25) is 0 Å². The number of rotatable bonds is 4. The monoisotopic (exact) mass is 285 g/mol. The minimum Gasteiger partial charge on any atom is -0.478 e. The Morgan fingerprint density at radius 3 is 2.52 bits per heavy atom. The van der Waals surface area contributed by atoms with E-state index >= 15 is 0 Å². The van der Waals surface area contributed by atoms with Gasteiger partial charge >= 0.3 is 5.97 Å². The Labute approximate surface area is 124 Å². The molecule has 2 rings (SSSR count). The third kappa shape index (κ3) is 3.05. The van der Waals surface area contributed by atoms with Crippen LogP contribution >= 0.6 is 0 Å². The fourth-order valence-corrected chi connectivity index (χ4v) is 2.54. The van der Waals surface area contributed by atoms with Gasteiger partial charge < -0.3 is 10.0 Å². The summed E-state index contributed by atoms with van der Waals surface area (Å²) in [5, 5.41) is 9.14. The largest absolute Gasteiger partial charge is 0.478 e. The maximum Gasteiger partial charge on any atom is 0.331 e. The Balaban J connectivity index is 2.28. The number of benzene rings is 1. The van der Waals surface area contributed by atoms with Crippen LogP contribution in [0.4, 0.5) is 5.69 Å². The number of allylic oxidation sites excluding steroid dienone is 2. The summed E-state index contributed by atoms with van der Waals surface area (Å²) in [6.45, 7) is 4.24. The number of anilines is 1. The number of para-hydroxylation sites is 1. The fraction of sp³-hybridized carbons (Fsp3) is 0.294. The van der Waals surface area contributed by atoms with E-state index in [1.54, 1.807) is 30.1 Å². The summed E-state index contributed by atoms with van der Waals surface area (Å²) in [5.74, 6) is -1.06. The Bertz CT molecular complexity index is 604. The normalized spacial score (nSPS) is 20.8. The standard InChI is InChI=1S/C17H19NO3/c1-3-18(14-9-5-4-6-10-14)16(21)17(2)11-7-8-13(12-17)15(19)20/h4-11H,3,12H2,1-2H3,(H,19,20). The molecule has 1 aliphatic carbocycles. The lowest BCUT2D eigenvalue weighted by Gasteiger charge is -2.33. The molecule has 0 spiro atoms. The van der Waals surface area contributed by atoms with E-state index in [0.717, 1.165) is 5.69 Å². The van der Waals surface area contributed by atoms with Crippen LogP contribution < -0.4 is 4.90 Å². The van der Waals surface area contributed by atoms with Crippen molar-refractivity contribution in [2.24, 2.45) is 5.41 Å². The molecule has 0 aromatic heterocycles. The number of nitrogens with zero attached hydrogens (tertiary/aromatic N) is 1. The van der Waals surface area contributed by atoms with Crippen molar-refractivity contribution in [3.63, 3.8) is 0 Å². The van der Waals surface area contributed by atoms with Crippen molar-refractivity contribution in [2.45, 2.75) is 20.3 Å². The van der Waals surface area contributed by atoms with Crippen LogP contribution in [0.3, 0.4) is 0 Å². The summed E-state index contributed by atoms with van der Waals surface area (Å²) in [4.78, 5) is 25.7. The van der Waals surface area contributed by atoms with Gasteiger partial charge in [0, 0.05) is 17.8 Å². The predicted octanol–water partition coefficient (Wildman–Crippen LogP) is 3.02. The average Bonchev–Trinajstić information content (AvgIpc) is 2.49. The Kier molecular flexibility index (Phi) is 4.26. The van der Waals surface area contributed by atoms with E-state index < -0.39 is 11.4 Å². The van der Waals surface area contributed by atoms with Gasteiger partial charge in [-0.15, -0.1) is 0 Å². The lowest BCUT2D eigenvalue weighted by molar-refractivity contribution is -0.133. The van der Waals surface area contributed by atoms with E-state index in [2.05, 4.69) is 0 Å². The maximum absolute atomic E-state index is 12.9. The molecule has 0 saturated carbocycles. The van der Waals surface area contributed by atoms with Crippen molar-refractivity contribution in [1.29, 1.82) is 0 Å². The zero-order valence-corrected chi connectivity index (χ0v) is 12.2. The molecule has 4 heteroatoms. The number of aliphatic carboxylic acids is 1. The van der Waals surface area contributed by atoms with E-state index in [-0.39, 0.29) is 17.9 Å². The smallest absolute Gasteiger partial charge is 0.331 e. The molecule has 1 N–H and O–H groups in total. The van der Waals surface area contributed by atoms with Crippen LogP contribution in [-0.4, -0.2) is 23.5 Å². The van der Waals surface area contributed by atoms with E-state index in [4.69, 9.17) is 5.11 Å². The van der Waals surface area contributed by atoms with Crippen molar-refractivity contribution in [1.82, 2.24) is 0 Å². The van der Waals surface area contributed by atoms with Crippen molar-refractivity contribution in [2.75, 3.05) is 11.4 Å². The molecule has 0 bridgehead atoms. The first-order valence-corrected chi connectivity index (χ1v) is 6.96. The van der Waals surface area contributed by atoms with Crippen molar-refractivity contribution in [3.05, 3.63) is 54.1 Å². The second kappa shape index (κ2) is 5.95. The first-order valence-electron chi connectivity index (χ1n) is 6.96. The van der Waals surface area contributed by atoms with E-state index in [1.807, 2.05) is 37.3 Å². The zero-order chi connectivity index (χ0) is 15.5. The summed E-state index contributed by atoms with van der Waals surface area (Å²) in [5.41, 5.74) is 0.262. The number of carboxylic acid groups (broad SMARTS) is 1. The number of amides is 1. The molecule has 1 atom stereocenters. The van der Waals surface area contributed by atoms with Crippen LogP contribution in [-0.2, 0) is 9.59 Å². The Hall–Kier alpha value is -2.36. The van der Waals surface area contributed by atoms with Gasteiger partial charge in [0.05, 0.1) is 5.41 Å². The quantitative estimate of drug-likeness (QED) is 0.925. The summed E-state index contributed by atoms with van der Waals surface area (Å²) in [7, 11) is 0. The third-order valence-corrected chi connectivity index (χ3v) is 3.71. The maximum atomic E-state index is 12.9. The summed E-state index contributed by atoms with van der Waals surface area (Å²) in [6, 6.07) is 9.42. The van der Waals surface area contributed by atoms with Crippen molar-refractivity contribution in [3.8, 4) is 0 Å². The van der Waals surface area contributed by atoms with Crippen LogP contribution in [0.5, 0.6) is 0 Å². The lowest BCUT2D eigenvalue weighted by Crippen LogP contribution is -2.42. The second-order valence-corrected chi connectivity index (χ2v) is 5.34. The number of carbonyl (C=O) groups excluding carboxylic acids is 1. The topological polar surface area (TPSA) is 57.6 Å². The van der Waals surface area contributed by atoms with Crippen LogP contribution in [0.25, 0.3) is 0 Å². The summed E-state index contributed by atoms with van der Waals surface area (Å²) in [6.07, 6.45) is 5.20. The second-order valence-electron chi connectivity index (χ2n) is 5.34. The Morgan fingerprint density at radius 2 is 1.95 bits per heavy atom. The molecule has 0 saturated heterocycles. The molecule has 1 aliphatic rings. The van der Waals surface area contributed by atoms with Crippen molar-refractivity contribution >= 4 is 17.6 Å². The molecule has 0 radical (unpaired) electrons. The Morgan fingerprint density at radius 1 is 1.29 bits per heavy atom.